The summed E-state index contributed by atoms with van der Waals surface area (Å²) in [5.41, 5.74) is 0.979. The van der Waals surface area contributed by atoms with Crippen LogP contribution in [0.3, 0.4) is 0 Å². The van der Waals surface area contributed by atoms with Crippen LogP contribution in [-0.2, 0) is 0 Å². The highest BCUT2D eigenvalue weighted by atomic mass is 32.2. The lowest BCUT2D eigenvalue weighted by Gasteiger charge is -2.30. The molecule has 5 heteroatoms. The maximum atomic E-state index is 9.64. The van der Waals surface area contributed by atoms with Gasteiger partial charge >= 0.3 is 0 Å². The first kappa shape index (κ1) is 13.2. The van der Waals surface area contributed by atoms with Crippen molar-refractivity contribution in [3.63, 3.8) is 0 Å². The molecule has 1 aliphatic heterocycles. The number of hydrogen-bond acceptors (Lipinski definition) is 5. The fourth-order valence-corrected chi connectivity index (χ4v) is 3.94. The summed E-state index contributed by atoms with van der Waals surface area (Å²) in [6, 6.07) is 0. The molecule has 1 N–H and O–H groups in total. The van der Waals surface area contributed by atoms with Crippen LogP contribution < -0.4 is 4.90 Å². The monoisotopic (exact) mass is 272 g/mol. The first-order chi connectivity index (χ1) is 8.11. The number of nitrogens with zero attached hydrogens (tertiary/aromatic N) is 2. The Morgan fingerprint density at radius 3 is 2.59 bits per heavy atom. The van der Waals surface area contributed by atoms with Crippen molar-refractivity contribution >= 4 is 28.2 Å². The van der Waals surface area contributed by atoms with Crippen molar-refractivity contribution in [2.75, 3.05) is 24.2 Å². The molecule has 0 aliphatic carbocycles. The Morgan fingerprint density at radius 1 is 1.47 bits per heavy atom. The SMILES string of the molecule is CSC1CCN(c2nc(C)c(C(C)O)s2)CC1. The van der Waals surface area contributed by atoms with Crippen molar-refractivity contribution in [1.82, 2.24) is 4.98 Å². The molecule has 1 unspecified atom stereocenters. The van der Waals surface area contributed by atoms with Gasteiger partial charge in [0, 0.05) is 18.3 Å². The van der Waals surface area contributed by atoms with Gasteiger partial charge in [0.15, 0.2) is 5.13 Å². The maximum absolute atomic E-state index is 9.64. The van der Waals surface area contributed by atoms with Crippen LogP contribution in [-0.4, -0.2) is 34.7 Å². The van der Waals surface area contributed by atoms with E-state index in [-0.39, 0.29) is 0 Å². The third-order valence-corrected chi connectivity index (χ3v) is 5.77. The van der Waals surface area contributed by atoms with Gasteiger partial charge in [-0.3, -0.25) is 0 Å². The zero-order valence-electron chi connectivity index (χ0n) is 10.6. The van der Waals surface area contributed by atoms with E-state index in [1.54, 1.807) is 11.3 Å². The quantitative estimate of drug-likeness (QED) is 0.918. The van der Waals surface area contributed by atoms with Gasteiger partial charge in [-0.1, -0.05) is 11.3 Å². The lowest BCUT2D eigenvalue weighted by atomic mass is 10.1. The standard InChI is InChI=1S/C12H20N2OS2/c1-8-11(9(2)15)17-12(13-8)14-6-4-10(16-3)5-7-14/h9-10,15H,4-7H2,1-3H3. The molecule has 96 valence electrons. The number of piperidine rings is 1. The fraction of sp³-hybridized carbons (Fsp3) is 0.750. The minimum Gasteiger partial charge on any atom is -0.388 e. The van der Waals surface area contributed by atoms with Crippen LogP contribution in [0.1, 0.15) is 36.4 Å². The summed E-state index contributed by atoms with van der Waals surface area (Å²) in [6.45, 7) is 5.98. The first-order valence-electron chi connectivity index (χ1n) is 6.05. The van der Waals surface area contributed by atoms with E-state index in [0.29, 0.717) is 0 Å². The summed E-state index contributed by atoms with van der Waals surface area (Å²) >= 11 is 3.61. The lowest BCUT2D eigenvalue weighted by molar-refractivity contribution is 0.202. The van der Waals surface area contributed by atoms with Crippen LogP contribution in [0, 0.1) is 6.92 Å². The Bertz CT molecular complexity index is 371. The maximum Gasteiger partial charge on any atom is 0.185 e. The predicted molar refractivity (Wildman–Crippen MR) is 76.2 cm³/mol. The third-order valence-electron chi connectivity index (χ3n) is 3.25. The van der Waals surface area contributed by atoms with E-state index >= 15 is 0 Å². The van der Waals surface area contributed by atoms with E-state index in [4.69, 9.17) is 0 Å². The van der Waals surface area contributed by atoms with Crippen molar-refractivity contribution in [3.05, 3.63) is 10.6 Å². The first-order valence-corrected chi connectivity index (χ1v) is 8.15. The average molecular weight is 272 g/mol. The Kier molecular flexibility index (Phi) is 4.33. The van der Waals surface area contributed by atoms with Gasteiger partial charge in [-0.15, -0.1) is 0 Å². The predicted octanol–water partition coefficient (Wildman–Crippen LogP) is 2.84. The van der Waals surface area contributed by atoms with Crippen LogP contribution in [0.25, 0.3) is 0 Å². The smallest absolute Gasteiger partial charge is 0.185 e. The van der Waals surface area contributed by atoms with E-state index in [9.17, 15) is 5.11 Å². The molecular formula is C12H20N2OS2. The van der Waals surface area contributed by atoms with Crippen molar-refractivity contribution < 1.29 is 5.11 Å². The molecule has 17 heavy (non-hydrogen) atoms. The van der Waals surface area contributed by atoms with Crippen molar-refractivity contribution in [3.8, 4) is 0 Å². The number of aryl methyl sites for hydroxylation is 1. The zero-order valence-corrected chi connectivity index (χ0v) is 12.3. The van der Waals surface area contributed by atoms with Gasteiger partial charge in [0.25, 0.3) is 0 Å². The molecule has 1 aromatic rings. The molecule has 1 fully saturated rings. The van der Waals surface area contributed by atoms with Crippen LogP contribution in [0.2, 0.25) is 0 Å². The summed E-state index contributed by atoms with van der Waals surface area (Å²) in [5.74, 6) is 0. The van der Waals surface area contributed by atoms with Gasteiger partial charge in [-0.2, -0.15) is 11.8 Å². The molecular weight excluding hydrogens is 252 g/mol. The average Bonchev–Trinajstić information content (AvgIpc) is 2.71. The Balaban J connectivity index is 2.06. The second-order valence-corrected chi connectivity index (χ2v) is 6.69. The highest BCUT2D eigenvalue weighted by Crippen LogP contribution is 2.33. The molecule has 0 aromatic carbocycles. The number of thiazole rings is 1. The molecule has 2 rings (SSSR count). The fourth-order valence-electron chi connectivity index (χ4n) is 2.20. The summed E-state index contributed by atoms with van der Waals surface area (Å²) in [7, 11) is 0. The molecule has 2 heterocycles. The lowest BCUT2D eigenvalue weighted by Crippen LogP contribution is -2.34. The molecule has 3 nitrogen and oxygen atoms in total. The van der Waals surface area contributed by atoms with Gasteiger partial charge < -0.3 is 10.0 Å². The summed E-state index contributed by atoms with van der Waals surface area (Å²) in [4.78, 5) is 7.95. The topological polar surface area (TPSA) is 36.4 Å². The molecule has 0 amide bonds. The second-order valence-electron chi connectivity index (χ2n) is 4.54. The van der Waals surface area contributed by atoms with Crippen LogP contribution in [0.15, 0.2) is 0 Å². The number of aliphatic hydroxyl groups excluding tert-OH is 1. The molecule has 0 radical (unpaired) electrons. The molecule has 0 bridgehead atoms. The number of anilines is 1. The van der Waals surface area contributed by atoms with E-state index < -0.39 is 6.10 Å². The van der Waals surface area contributed by atoms with Crippen molar-refractivity contribution in [1.29, 1.82) is 0 Å². The number of aliphatic hydroxyl groups is 1. The summed E-state index contributed by atoms with van der Waals surface area (Å²) in [5, 5.41) is 11.5. The van der Waals surface area contributed by atoms with Crippen LogP contribution in [0.4, 0.5) is 5.13 Å². The van der Waals surface area contributed by atoms with Gasteiger partial charge in [-0.05, 0) is 32.9 Å². The van der Waals surface area contributed by atoms with Crippen molar-refractivity contribution in [2.24, 2.45) is 0 Å². The van der Waals surface area contributed by atoms with E-state index in [2.05, 4.69) is 16.1 Å². The van der Waals surface area contributed by atoms with Crippen LogP contribution >= 0.6 is 23.1 Å². The number of hydrogen-bond donors (Lipinski definition) is 1. The van der Waals surface area contributed by atoms with Crippen LogP contribution in [0.5, 0.6) is 0 Å². The van der Waals surface area contributed by atoms with Gasteiger partial charge in [0.1, 0.15) is 0 Å². The summed E-state index contributed by atoms with van der Waals surface area (Å²) < 4.78 is 0. The highest BCUT2D eigenvalue weighted by Gasteiger charge is 2.22. The minimum atomic E-state index is -0.398. The van der Waals surface area contributed by atoms with Crippen molar-refractivity contribution in [2.45, 2.75) is 38.0 Å². The number of aromatic nitrogens is 1. The van der Waals surface area contributed by atoms with Gasteiger partial charge in [-0.25, -0.2) is 4.98 Å². The minimum absolute atomic E-state index is 0.398. The third kappa shape index (κ3) is 2.95. The van der Waals surface area contributed by atoms with E-state index in [0.717, 1.165) is 34.0 Å². The molecule has 1 atom stereocenters. The van der Waals surface area contributed by atoms with Gasteiger partial charge in [0.05, 0.1) is 16.7 Å². The van der Waals surface area contributed by atoms with E-state index in [1.165, 1.54) is 12.8 Å². The molecule has 0 spiro atoms. The Hall–Kier alpha value is -0.260. The van der Waals surface area contributed by atoms with E-state index in [1.807, 2.05) is 25.6 Å². The Morgan fingerprint density at radius 2 is 2.12 bits per heavy atom. The Labute approximate surface area is 111 Å². The second kappa shape index (κ2) is 5.59. The molecule has 1 saturated heterocycles. The summed E-state index contributed by atoms with van der Waals surface area (Å²) in [6.07, 6.45) is 4.28. The largest absolute Gasteiger partial charge is 0.388 e. The van der Waals surface area contributed by atoms with Gasteiger partial charge in [0.2, 0.25) is 0 Å². The molecule has 0 saturated carbocycles. The molecule has 1 aromatic heterocycles. The zero-order chi connectivity index (χ0) is 12.4. The number of rotatable bonds is 3. The normalized spacial score (nSPS) is 19.6. The number of thioether (sulfide) groups is 1. The highest BCUT2D eigenvalue weighted by molar-refractivity contribution is 7.99. The molecule has 1 aliphatic rings.